The van der Waals surface area contributed by atoms with Crippen molar-refractivity contribution in [3.63, 3.8) is 0 Å². The van der Waals surface area contributed by atoms with Crippen LogP contribution in [0.15, 0.2) is 40.8 Å². The van der Waals surface area contributed by atoms with Crippen molar-refractivity contribution in [3.8, 4) is 11.3 Å². The van der Waals surface area contributed by atoms with Crippen molar-refractivity contribution in [1.82, 2.24) is 5.32 Å². The Bertz CT molecular complexity index is 468. The van der Waals surface area contributed by atoms with E-state index >= 15 is 0 Å². The maximum atomic E-state index is 5.75. The summed E-state index contributed by atoms with van der Waals surface area (Å²) < 4.78 is 5.75. The van der Waals surface area contributed by atoms with Gasteiger partial charge in [-0.3, -0.25) is 0 Å². The van der Waals surface area contributed by atoms with E-state index in [1.54, 1.807) is 0 Å². The summed E-state index contributed by atoms with van der Waals surface area (Å²) in [6.45, 7) is 5.17. The molecule has 0 unspecified atom stereocenters. The van der Waals surface area contributed by atoms with Crippen molar-refractivity contribution in [3.05, 3.63) is 47.7 Å². The average Bonchev–Trinajstić information content (AvgIpc) is 2.78. The smallest absolute Gasteiger partial charge is 0.134 e. The topological polar surface area (TPSA) is 25.2 Å². The Kier molecular flexibility index (Phi) is 3.64. The van der Waals surface area contributed by atoms with E-state index < -0.39 is 0 Å². The van der Waals surface area contributed by atoms with Crippen LogP contribution in [0.3, 0.4) is 0 Å². The van der Waals surface area contributed by atoms with E-state index in [-0.39, 0.29) is 0 Å². The Morgan fingerprint density at radius 1 is 1.06 bits per heavy atom. The van der Waals surface area contributed by atoms with Gasteiger partial charge in [0.2, 0.25) is 0 Å². The van der Waals surface area contributed by atoms with Gasteiger partial charge in [-0.2, -0.15) is 0 Å². The Balaban J connectivity index is 2.21. The first-order valence-corrected chi connectivity index (χ1v) is 6.04. The zero-order valence-corrected chi connectivity index (χ0v) is 10.7. The van der Waals surface area contributed by atoms with E-state index in [9.17, 15) is 0 Å². The standard InChI is InChI=1S/C15H19NO/c1-11(2)12-4-6-13(7-5-12)15-9-8-14(17-15)10-16-3/h4-9,11,16H,10H2,1-3H3. The van der Waals surface area contributed by atoms with Crippen molar-refractivity contribution < 1.29 is 4.42 Å². The molecule has 17 heavy (non-hydrogen) atoms. The van der Waals surface area contributed by atoms with Crippen LogP contribution >= 0.6 is 0 Å². The fraction of sp³-hybridized carbons (Fsp3) is 0.333. The van der Waals surface area contributed by atoms with Crippen LogP contribution in [-0.4, -0.2) is 7.05 Å². The summed E-state index contributed by atoms with van der Waals surface area (Å²) in [7, 11) is 1.92. The number of rotatable bonds is 4. The van der Waals surface area contributed by atoms with Crippen molar-refractivity contribution in [2.75, 3.05) is 7.05 Å². The van der Waals surface area contributed by atoms with Crippen molar-refractivity contribution in [1.29, 1.82) is 0 Å². The highest BCUT2D eigenvalue weighted by atomic mass is 16.3. The average molecular weight is 229 g/mol. The largest absolute Gasteiger partial charge is 0.460 e. The molecule has 1 N–H and O–H groups in total. The molecule has 0 bridgehead atoms. The maximum absolute atomic E-state index is 5.75. The van der Waals surface area contributed by atoms with Crippen LogP contribution in [0.2, 0.25) is 0 Å². The predicted octanol–water partition coefficient (Wildman–Crippen LogP) is 3.79. The van der Waals surface area contributed by atoms with Crippen molar-refractivity contribution >= 4 is 0 Å². The molecule has 0 radical (unpaired) electrons. The van der Waals surface area contributed by atoms with Gasteiger partial charge in [0.15, 0.2) is 0 Å². The van der Waals surface area contributed by atoms with Crippen LogP contribution in [0, 0.1) is 0 Å². The van der Waals surface area contributed by atoms with Crippen LogP contribution in [0.25, 0.3) is 11.3 Å². The molecule has 0 amide bonds. The molecular formula is C15H19NO. The molecule has 0 atom stereocenters. The number of benzene rings is 1. The lowest BCUT2D eigenvalue weighted by Crippen LogP contribution is -2.03. The molecule has 2 aromatic rings. The summed E-state index contributed by atoms with van der Waals surface area (Å²) in [5, 5.41) is 3.08. The first-order chi connectivity index (χ1) is 8.20. The third kappa shape index (κ3) is 2.77. The summed E-state index contributed by atoms with van der Waals surface area (Å²) in [5.41, 5.74) is 2.49. The Morgan fingerprint density at radius 2 is 1.76 bits per heavy atom. The summed E-state index contributed by atoms with van der Waals surface area (Å²) in [6.07, 6.45) is 0. The maximum Gasteiger partial charge on any atom is 0.134 e. The fourth-order valence-corrected chi connectivity index (χ4v) is 1.83. The molecule has 0 saturated heterocycles. The molecule has 0 saturated carbocycles. The number of hydrogen-bond acceptors (Lipinski definition) is 2. The molecule has 0 aliphatic heterocycles. The van der Waals surface area contributed by atoms with E-state index in [0.717, 1.165) is 23.6 Å². The molecule has 2 rings (SSSR count). The monoisotopic (exact) mass is 229 g/mol. The minimum Gasteiger partial charge on any atom is -0.460 e. The quantitative estimate of drug-likeness (QED) is 0.863. The van der Waals surface area contributed by atoms with E-state index in [1.165, 1.54) is 5.56 Å². The zero-order valence-electron chi connectivity index (χ0n) is 10.7. The van der Waals surface area contributed by atoms with Crippen LogP contribution in [0.1, 0.15) is 31.1 Å². The van der Waals surface area contributed by atoms with Gasteiger partial charge < -0.3 is 9.73 Å². The van der Waals surface area contributed by atoms with Gasteiger partial charge in [0.05, 0.1) is 6.54 Å². The number of furan rings is 1. The second kappa shape index (κ2) is 5.19. The molecule has 2 nitrogen and oxygen atoms in total. The summed E-state index contributed by atoms with van der Waals surface area (Å²) >= 11 is 0. The number of nitrogens with one attached hydrogen (secondary N) is 1. The van der Waals surface area contributed by atoms with Gasteiger partial charge in [-0.05, 0) is 30.7 Å². The highest BCUT2D eigenvalue weighted by Gasteiger charge is 2.05. The third-order valence-electron chi connectivity index (χ3n) is 2.87. The molecule has 2 heteroatoms. The highest BCUT2D eigenvalue weighted by molar-refractivity contribution is 5.58. The number of hydrogen-bond donors (Lipinski definition) is 1. The molecule has 1 aromatic carbocycles. The lowest BCUT2D eigenvalue weighted by Gasteiger charge is -2.05. The second-order valence-corrected chi connectivity index (χ2v) is 4.57. The zero-order chi connectivity index (χ0) is 12.3. The molecule has 1 aromatic heterocycles. The normalized spacial score (nSPS) is 11.1. The molecular weight excluding hydrogens is 210 g/mol. The van der Waals surface area contributed by atoms with Gasteiger partial charge in [0.1, 0.15) is 11.5 Å². The van der Waals surface area contributed by atoms with E-state index in [2.05, 4.69) is 43.4 Å². The van der Waals surface area contributed by atoms with E-state index in [0.29, 0.717) is 5.92 Å². The molecule has 0 aliphatic carbocycles. The highest BCUT2D eigenvalue weighted by Crippen LogP contribution is 2.24. The third-order valence-corrected chi connectivity index (χ3v) is 2.87. The summed E-state index contributed by atoms with van der Waals surface area (Å²) in [5.74, 6) is 2.47. The first kappa shape index (κ1) is 11.9. The van der Waals surface area contributed by atoms with Crippen LogP contribution in [0.4, 0.5) is 0 Å². The lowest BCUT2D eigenvalue weighted by atomic mass is 10.0. The van der Waals surface area contributed by atoms with E-state index in [4.69, 9.17) is 4.42 Å². The second-order valence-electron chi connectivity index (χ2n) is 4.57. The van der Waals surface area contributed by atoms with Crippen molar-refractivity contribution in [2.24, 2.45) is 0 Å². The van der Waals surface area contributed by atoms with Crippen LogP contribution < -0.4 is 5.32 Å². The summed E-state index contributed by atoms with van der Waals surface area (Å²) in [4.78, 5) is 0. The van der Waals surface area contributed by atoms with Crippen LogP contribution in [-0.2, 0) is 6.54 Å². The fourth-order valence-electron chi connectivity index (χ4n) is 1.83. The molecule has 0 aliphatic rings. The van der Waals surface area contributed by atoms with Crippen LogP contribution in [0.5, 0.6) is 0 Å². The molecule has 0 spiro atoms. The molecule has 90 valence electrons. The molecule has 1 heterocycles. The van der Waals surface area contributed by atoms with Crippen molar-refractivity contribution in [2.45, 2.75) is 26.3 Å². The van der Waals surface area contributed by atoms with Gasteiger partial charge in [-0.15, -0.1) is 0 Å². The van der Waals surface area contributed by atoms with Gasteiger partial charge >= 0.3 is 0 Å². The van der Waals surface area contributed by atoms with Gasteiger partial charge in [0, 0.05) is 5.56 Å². The Morgan fingerprint density at radius 3 is 2.35 bits per heavy atom. The molecule has 0 fully saturated rings. The van der Waals surface area contributed by atoms with E-state index in [1.807, 2.05) is 19.2 Å². The van der Waals surface area contributed by atoms with Gasteiger partial charge in [0.25, 0.3) is 0 Å². The lowest BCUT2D eigenvalue weighted by molar-refractivity contribution is 0.507. The summed E-state index contributed by atoms with van der Waals surface area (Å²) in [6, 6.07) is 12.6. The minimum atomic E-state index is 0.570. The SMILES string of the molecule is CNCc1ccc(-c2ccc(C(C)C)cc2)o1. The first-order valence-electron chi connectivity index (χ1n) is 6.04. The minimum absolute atomic E-state index is 0.570. The van der Waals surface area contributed by atoms with Gasteiger partial charge in [-0.1, -0.05) is 38.1 Å². The predicted molar refractivity (Wildman–Crippen MR) is 71.0 cm³/mol. The Hall–Kier alpha value is -1.54. The Labute approximate surface area is 103 Å². The van der Waals surface area contributed by atoms with Gasteiger partial charge in [-0.25, -0.2) is 0 Å².